The molecular formula is C10H14N2O2. The summed E-state index contributed by atoms with van der Waals surface area (Å²) in [6.07, 6.45) is 0.261. The standard InChI is InChI=1S/C10H14N2O2/c1-12(14-2)10(13)7-8-5-3-4-6-9(8)11/h3-6H,7,11H2,1-2H3. The van der Waals surface area contributed by atoms with Crippen LogP contribution in [0.4, 0.5) is 5.69 Å². The number of likely N-dealkylation sites (N-methyl/N-ethyl adjacent to an activating group) is 1. The number of rotatable bonds is 3. The van der Waals surface area contributed by atoms with Crippen molar-refractivity contribution in [2.45, 2.75) is 6.42 Å². The minimum absolute atomic E-state index is 0.120. The molecule has 1 aromatic rings. The first-order chi connectivity index (χ1) is 6.65. The molecule has 0 saturated heterocycles. The molecule has 76 valence electrons. The average Bonchev–Trinajstić information content (AvgIpc) is 2.20. The van der Waals surface area contributed by atoms with Crippen molar-refractivity contribution in [2.75, 3.05) is 19.9 Å². The molecule has 0 atom stereocenters. The molecule has 0 fully saturated rings. The molecule has 14 heavy (non-hydrogen) atoms. The SMILES string of the molecule is CON(C)C(=O)Cc1ccccc1N. The molecule has 1 amide bonds. The average molecular weight is 194 g/mol. The van der Waals surface area contributed by atoms with E-state index >= 15 is 0 Å². The molecular weight excluding hydrogens is 180 g/mol. The van der Waals surface area contributed by atoms with Gasteiger partial charge in [0, 0.05) is 12.7 Å². The van der Waals surface area contributed by atoms with Crippen LogP contribution in [0.2, 0.25) is 0 Å². The Morgan fingerprint density at radius 1 is 1.50 bits per heavy atom. The fraction of sp³-hybridized carbons (Fsp3) is 0.300. The third kappa shape index (κ3) is 2.47. The van der Waals surface area contributed by atoms with Gasteiger partial charge in [-0.25, -0.2) is 5.06 Å². The van der Waals surface area contributed by atoms with E-state index in [0.29, 0.717) is 5.69 Å². The van der Waals surface area contributed by atoms with Crippen molar-refractivity contribution in [3.63, 3.8) is 0 Å². The Morgan fingerprint density at radius 3 is 2.71 bits per heavy atom. The highest BCUT2D eigenvalue weighted by Gasteiger charge is 2.10. The van der Waals surface area contributed by atoms with Gasteiger partial charge in [-0.05, 0) is 11.6 Å². The quantitative estimate of drug-likeness (QED) is 0.572. The molecule has 0 unspecified atom stereocenters. The van der Waals surface area contributed by atoms with Gasteiger partial charge in [-0.3, -0.25) is 9.63 Å². The molecule has 0 saturated carbocycles. The number of carbonyl (C=O) groups excluding carboxylic acids is 1. The maximum Gasteiger partial charge on any atom is 0.250 e. The van der Waals surface area contributed by atoms with Crippen LogP contribution in [0.1, 0.15) is 5.56 Å². The Hall–Kier alpha value is -1.55. The van der Waals surface area contributed by atoms with Gasteiger partial charge in [0.15, 0.2) is 0 Å². The molecule has 1 aromatic carbocycles. The lowest BCUT2D eigenvalue weighted by atomic mass is 10.1. The Bertz CT molecular complexity index is 326. The van der Waals surface area contributed by atoms with E-state index < -0.39 is 0 Å². The number of anilines is 1. The predicted octanol–water partition coefficient (Wildman–Crippen LogP) is 0.831. The van der Waals surface area contributed by atoms with Crippen LogP contribution in [0.15, 0.2) is 24.3 Å². The Labute approximate surface area is 83.2 Å². The third-order valence-corrected chi connectivity index (χ3v) is 2.02. The van der Waals surface area contributed by atoms with Crippen molar-refractivity contribution < 1.29 is 9.63 Å². The molecule has 0 aliphatic carbocycles. The zero-order valence-corrected chi connectivity index (χ0v) is 8.36. The summed E-state index contributed by atoms with van der Waals surface area (Å²) in [4.78, 5) is 16.2. The second-order valence-electron chi connectivity index (χ2n) is 2.95. The van der Waals surface area contributed by atoms with E-state index in [9.17, 15) is 4.79 Å². The zero-order chi connectivity index (χ0) is 10.6. The molecule has 0 heterocycles. The van der Waals surface area contributed by atoms with Crippen LogP contribution < -0.4 is 5.73 Å². The second-order valence-corrected chi connectivity index (χ2v) is 2.95. The largest absolute Gasteiger partial charge is 0.398 e. The first kappa shape index (κ1) is 10.5. The summed E-state index contributed by atoms with van der Waals surface area (Å²) in [6.45, 7) is 0. The molecule has 2 N–H and O–H groups in total. The highest BCUT2D eigenvalue weighted by molar-refractivity contribution is 5.79. The van der Waals surface area contributed by atoms with Gasteiger partial charge in [-0.15, -0.1) is 0 Å². The normalized spacial score (nSPS) is 9.86. The molecule has 0 aliphatic rings. The predicted molar refractivity (Wildman–Crippen MR) is 54.3 cm³/mol. The van der Waals surface area contributed by atoms with Crippen LogP contribution in [0.3, 0.4) is 0 Å². The molecule has 4 heteroatoms. The summed E-state index contributed by atoms with van der Waals surface area (Å²) in [5, 5.41) is 1.19. The van der Waals surface area contributed by atoms with Gasteiger partial charge in [0.25, 0.3) is 0 Å². The number of nitrogens with two attached hydrogens (primary N) is 1. The number of amides is 1. The summed E-state index contributed by atoms with van der Waals surface area (Å²) in [5.41, 5.74) is 7.15. The number of nitrogens with zero attached hydrogens (tertiary/aromatic N) is 1. The Balaban J connectivity index is 2.70. The number of hydrogen-bond donors (Lipinski definition) is 1. The molecule has 0 spiro atoms. The fourth-order valence-corrected chi connectivity index (χ4v) is 1.07. The minimum Gasteiger partial charge on any atom is -0.398 e. The van der Waals surface area contributed by atoms with Gasteiger partial charge in [0.1, 0.15) is 0 Å². The van der Waals surface area contributed by atoms with Gasteiger partial charge in [0.05, 0.1) is 13.5 Å². The lowest BCUT2D eigenvalue weighted by molar-refractivity contribution is -0.167. The molecule has 0 aliphatic heterocycles. The van der Waals surface area contributed by atoms with Crippen LogP contribution in [0, 0.1) is 0 Å². The Kier molecular flexibility index (Phi) is 3.48. The van der Waals surface area contributed by atoms with E-state index in [4.69, 9.17) is 10.6 Å². The van der Waals surface area contributed by atoms with Crippen molar-refractivity contribution in [1.82, 2.24) is 5.06 Å². The number of hydrogen-bond acceptors (Lipinski definition) is 3. The third-order valence-electron chi connectivity index (χ3n) is 2.02. The fourth-order valence-electron chi connectivity index (χ4n) is 1.07. The van der Waals surface area contributed by atoms with Crippen LogP contribution >= 0.6 is 0 Å². The van der Waals surface area contributed by atoms with Crippen molar-refractivity contribution in [3.8, 4) is 0 Å². The number of para-hydroxylation sites is 1. The van der Waals surface area contributed by atoms with E-state index in [1.807, 2.05) is 18.2 Å². The van der Waals surface area contributed by atoms with Crippen molar-refractivity contribution in [2.24, 2.45) is 0 Å². The summed E-state index contributed by atoms with van der Waals surface area (Å²) in [6, 6.07) is 7.29. The van der Waals surface area contributed by atoms with Crippen LogP contribution in [0.25, 0.3) is 0 Å². The second kappa shape index (κ2) is 4.62. The van der Waals surface area contributed by atoms with E-state index in [2.05, 4.69) is 0 Å². The maximum atomic E-state index is 11.4. The smallest absolute Gasteiger partial charge is 0.250 e. The summed E-state index contributed by atoms with van der Waals surface area (Å²) in [5.74, 6) is -0.120. The first-order valence-electron chi connectivity index (χ1n) is 4.29. The van der Waals surface area contributed by atoms with Gasteiger partial charge in [0.2, 0.25) is 5.91 Å². The van der Waals surface area contributed by atoms with Crippen LogP contribution in [-0.4, -0.2) is 25.1 Å². The highest BCUT2D eigenvalue weighted by atomic mass is 16.7. The lowest BCUT2D eigenvalue weighted by Crippen LogP contribution is -2.27. The molecule has 1 rings (SSSR count). The topological polar surface area (TPSA) is 55.6 Å². The monoisotopic (exact) mass is 194 g/mol. The maximum absolute atomic E-state index is 11.4. The van der Waals surface area contributed by atoms with E-state index in [0.717, 1.165) is 5.56 Å². The number of carbonyl (C=O) groups is 1. The van der Waals surface area contributed by atoms with Gasteiger partial charge in [-0.1, -0.05) is 18.2 Å². The highest BCUT2D eigenvalue weighted by Crippen LogP contribution is 2.11. The van der Waals surface area contributed by atoms with Crippen LogP contribution in [-0.2, 0) is 16.1 Å². The van der Waals surface area contributed by atoms with E-state index in [-0.39, 0.29) is 12.3 Å². The summed E-state index contributed by atoms with van der Waals surface area (Å²) < 4.78 is 0. The van der Waals surface area contributed by atoms with Gasteiger partial charge < -0.3 is 5.73 Å². The van der Waals surface area contributed by atoms with E-state index in [1.165, 1.54) is 12.2 Å². The first-order valence-corrected chi connectivity index (χ1v) is 4.29. The lowest BCUT2D eigenvalue weighted by Gasteiger charge is -2.14. The number of nitrogen functional groups attached to an aromatic ring is 1. The molecule has 0 aromatic heterocycles. The van der Waals surface area contributed by atoms with E-state index in [1.54, 1.807) is 13.1 Å². The molecule has 0 bridgehead atoms. The molecule has 4 nitrogen and oxygen atoms in total. The van der Waals surface area contributed by atoms with Crippen molar-refractivity contribution >= 4 is 11.6 Å². The summed E-state index contributed by atoms with van der Waals surface area (Å²) in [7, 11) is 3.02. The van der Waals surface area contributed by atoms with Gasteiger partial charge in [-0.2, -0.15) is 0 Å². The van der Waals surface area contributed by atoms with Gasteiger partial charge >= 0.3 is 0 Å². The summed E-state index contributed by atoms with van der Waals surface area (Å²) >= 11 is 0. The zero-order valence-electron chi connectivity index (χ0n) is 8.36. The van der Waals surface area contributed by atoms with Crippen molar-refractivity contribution in [1.29, 1.82) is 0 Å². The number of hydroxylamine groups is 2. The Morgan fingerprint density at radius 2 is 2.14 bits per heavy atom. The number of benzene rings is 1. The minimum atomic E-state index is -0.120. The van der Waals surface area contributed by atoms with Crippen molar-refractivity contribution in [3.05, 3.63) is 29.8 Å². The van der Waals surface area contributed by atoms with Crippen LogP contribution in [0.5, 0.6) is 0 Å². The molecule has 0 radical (unpaired) electrons.